The molecule has 2 aliphatic carbocycles. The van der Waals surface area contributed by atoms with Gasteiger partial charge in [0, 0.05) is 28.7 Å². The van der Waals surface area contributed by atoms with E-state index in [1.165, 1.54) is 20.1 Å². The molecule has 0 aromatic heterocycles. The summed E-state index contributed by atoms with van der Waals surface area (Å²) in [4.78, 5) is 51.2. The molecule has 0 spiro atoms. The van der Waals surface area contributed by atoms with Gasteiger partial charge in [-0.2, -0.15) is 0 Å². The topological polar surface area (TPSA) is 86.7 Å². The number of ether oxygens (including phenoxy) is 2. The fourth-order valence-electron chi connectivity index (χ4n) is 4.09. The standard InChI is InChI=1S/C23H24O6/c1-5-29-22(27)23(3)14(7-6-13(2)24)8-10-17-19(23)21(26)16-11-9-15(28-4)12-18(16)20(17)25/h8-12,14H,5-7H2,1-4H3/t14-,23-/m0/s1. The molecule has 152 valence electrons. The first kappa shape index (κ1) is 20.7. The van der Waals surface area contributed by atoms with Gasteiger partial charge in [-0.15, -0.1) is 0 Å². The van der Waals surface area contributed by atoms with E-state index in [-0.39, 0.29) is 52.7 Å². The molecule has 6 heteroatoms. The van der Waals surface area contributed by atoms with Crippen molar-refractivity contribution < 1.29 is 28.7 Å². The summed E-state index contributed by atoms with van der Waals surface area (Å²) in [5, 5.41) is 0. The molecule has 3 rings (SSSR count). The lowest BCUT2D eigenvalue weighted by Crippen LogP contribution is -2.45. The first-order valence-electron chi connectivity index (χ1n) is 9.62. The Hall–Kier alpha value is -3.02. The Balaban J connectivity index is 2.16. The predicted octanol–water partition coefficient (Wildman–Crippen LogP) is 3.50. The second kappa shape index (κ2) is 7.78. The van der Waals surface area contributed by atoms with Crippen LogP contribution in [0.25, 0.3) is 0 Å². The lowest BCUT2D eigenvalue weighted by Gasteiger charge is -2.40. The highest BCUT2D eigenvalue weighted by Gasteiger charge is 2.52. The zero-order valence-corrected chi connectivity index (χ0v) is 17.0. The van der Waals surface area contributed by atoms with Gasteiger partial charge < -0.3 is 14.3 Å². The van der Waals surface area contributed by atoms with Crippen LogP contribution in [0.5, 0.6) is 5.75 Å². The van der Waals surface area contributed by atoms with Crippen molar-refractivity contribution in [3.8, 4) is 5.75 Å². The van der Waals surface area contributed by atoms with Gasteiger partial charge >= 0.3 is 5.97 Å². The van der Waals surface area contributed by atoms with Crippen molar-refractivity contribution in [2.24, 2.45) is 11.3 Å². The number of carbonyl (C=O) groups excluding carboxylic acids is 4. The normalized spacial score (nSPS) is 22.8. The lowest BCUT2D eigenvalue weighted by atomic mass is 9.61. The van der Waals surface area contributed by atoms with Crippen LogP contribution < -0.4 is 4.74 Å². The largest absolute Gasteiger partial charge is 0.497 e. The van der Waals surface area contributed by atoms with Crippen molar-refractivity contribution in [2.75, 3.05) is 13.7 Å². The van der Waals surface area contributed by atoms with Gasteiger partial charge in [0.2, 0.25) is 0 Å². The van der Waals surface area contributed by atoms with Crippen molar-refractivity contribution in [3.05, 3.63) is 52.6 Å². The molecule has 2 aliphatic rings. The third kappa shape index (κ3) is 3.33. The number of rotatable bonds is 6. The summed E-state index contributed by atoms with van der Waals surface area (Å²) < 4.78 is 10.5. The number of allylic oxidation sites excluding steroid dienone is 3. The molecule has 0 fully saturated rings. The number of methoxy groups -OCH3 is 1. The van der Waals surface area contributed by atoms with Crippen molar-refractivity contribution in [1.82, 2.24) is 0 Å². The number of fused-ring (bicyclic) bond motifs is 1. The van der Waals surface area contributed by atoms with E-state index in [1.54, 1.807) is 38.1 Å². The minimum Gasteiger partial charge on any atom is -0.497 e. The Kier molecular flexibility index (Phi) is 5.55. The summed E-state index contributed by atoms with van der Waals surface area (Å²) in [5.41, 5.74) is -0.503. The molecule has 0 bridgehead atoms. The Morgan fingerprint density at radius 1 is 1.14 bits per heavy atom. The maximum absolute atomic E-state index is 13.4. The molecule has 0 aliphatic heterocycles. The minimum absolute atomic E-state index is 0.00660. The molecular weight excluding hydrogens is 372 g/mol. The summed E-state index contributed by atoms with van der Waals surface area (Å²) in [5.74, 6) is -1.23. The highest BCUT2D eigenvalue weighted by Crippen LogP contribution is 2.49. The first-order chi connectivity index (χ1) is 13.7. The van der Waals surface area contributed by atoms with Crippen LogP contribution in [-0.2, 0) is 14.3 Å². The van der Waals surface area contributed by atoms with Crippen LogP contribution in [0.2, 0.25) is 0 Å². The molecule has 0 saturated carbocycles. The maximum atomic E-state index is 13.4. The molecule has 0 unspecified atom stereocenters. The number of benzene rings is 1. The zero-order chi connectivity index (χ0) is 21.3. The molecule has 29 heavy (non-hydrogen) atoms. The Bertz CT molecular complexity index is 968. The molecule has 1 aromatic carbocycles. The van der Waals surface area contributed by atoms with Gasteiger partial charge in [0.25, 0.3) is 0 Å². The minimum atomic E-state index is -1.35. The van der Waals surface area contributed by atoms with Crippen molar-refractivity contribution in [1.29, 1.82) is 0 Å². The summed E-state index contributed by atoms with van der Waals surface area (Å²) in [7, 11) is 1.49. The smallest absolute Gasteiger partial charge is 0.317 e. The lowest BCUT2D eigenvalue weighted by molar-refractivity contribution is -0.154. The third-order valence-corrected chi connectivity index (χ3v) is 5.72. The number of carbonyl (C=O) groups is 4. The molecule has 0 heterocycles. The van der Waals surface area contributed by atoms with Crippen molar-refractivity contribution in [3.63, 3.8) is 0 Å². The van der Waals surface area contributed by atoms with Gasteiger partial charge in [-0.25, -0.2) is 0 Å². The van der Waals surface area contributed by atoms with Crippen LogP contribution in [-0.4, -0.2) is 37.0 Å². The van der Waals surface area contributed by atoms with Crippen LogP contribution in [0.1, 0.15) is 54.3 Å². The van der Waals surface area contributed by atoms with Crippen LogP contribution >= 0.6 is 0 Å². The van der Waals surface area contributed by atoms with Crippen LogP contribution in [0.15, 0.2) is 41.5 Å². The quantitative estimate of drug-likeness (QED) is 0.684. The van der Waals surface area contributed by atoms with E-state index in [9.17, 15) is 19.2 Å². The van der Waals surface area contributed by atoms with Crippen LogP contribution in [0.3, 0.4) is 0 Å². The molecule has 0 radical (unpaired) electrons. The van der Waals surface area contributed by atoms with E-state index in [0.717, 1.165) is 0 Å². The Morgan fingerprint density at radius 2 is 1.86 bits per heavy atom. The molecule has 6 nitrogen and oxygen atoms in total. The maximum Gasteiger partial charge on any atom is 0.317 e. The number of ketones is 3. The molecule has 1 aromatic rings. The SMILES string of the molecule is CCOC(=O)[C@]1(C)C2=C(C=C[C@@H]1CCC(C)=O)C(=O)c1cc(OC)ccc1C2=O. The molecule has 2 atom stereocenters. The van der Waals surface area contributed by atoms with E-state index >= 15 is 0 Å². The van der Waals surface area contributed by atoms with Gasteiger partial charge in [-0.1, -0.05) is 12.2 Å². The summed E-state index contributed by atoms with van der Waals surface area (Å²) in [6, 6.07) is 4.70. The zero-order valence-electron chi connectivity index (χ0n) is 17.0. The fraction of sp³-hybridized carbons (Fsp3) is 0.391. The number of hydrogen-bond acceptors (Lipinski definition) is 6. The summed E-state index contributed by atoms with van der Waals surface area (Å²) in [6.45, 7) is 4.96. The van der Waals surface area contributed by atoms with Gasteiger partial charge in [-0.3, -0.25) is 14.4 Å². The highest BCUT2D eigenvalue weighted by molar-refractivity contribution is 6.30. The van der Waals surface area contributed by atoms with Gasteiger partial charge in [0.15, 0.2) is 11.6 Å². The van der Waals surface area contributed by atoms with E-state index in [0.29, 0.717) is 12.2 Å². The Labute approximate surface area is 169 Å². The van der Waals surface area contributed by atoms with Gasteiger partial charge in [-0.05, 0) is 51.3 Å². The highest BCUT2D eigenvalue weighted by atomic mass is 16.5. The molecular formula is C23H24O6. The number of hydrogen-bond donors (Lipinski definition) is 0. The van der Waals surface area contributed by atoms with E-state index < -0.39 is 17.3 Å². The summed E-state index contributed by atoms with van der Waals surface area (Å²) in [6.07, 6.45) is 4.00. The van der Waals surface area contributed by atoms with Gasteiger partial charge in [0.05, 0.1) is 13.7 Å². The van der Waals surface area contributed by atoms with Crippen LogP contribution in [0.4, 0.5) is 0 Å². The van der Waals surface area contributed by atoms with E-state index in [1.807, 2.05) is 0 Å². The average Bonchev–Trinajstić information content (AvgIpc) is 2.70. The second-order valence-electron chi connectivity index (χ2n) is 7.49. The number of Topliss-reactive ketones (excluding diaryl/α,β-unsaturated/α-hetero) is 3. The van der Waals surface area contributed by atoms with Crippen LogP contribution in [0, 0.1) is 11.3 Å². The van der Waals surface area contributed by atoms with Gasteiger partial charge in [0.1, 0.15) is 16.9 Å². The fourth-order valence-corrected chi connectivity index (χ4v) is 4.09. The van der Waals surface area contributed by atoms with E-state index in [2.05, 4.69) is 0 Å². The molecule has 0 amide bonds. The Morgan fingerprint density at radius 3 is 2.48 bits per heavy atom. The summed E-state index contributed by atoms with van der Waals surface area (Å²) >= 11 is 0. The third-order valence-electron chi connectivity index (χ3n) is 5.72. The first-order valence-corrected chi connectivity index (χ1v) is 9.62. The average molecular weight is 396 g/mol. The van der Waals surface area contributed by atoms with Crippen molar-refractivity contribution in [2.45, 2.75) is 33.6 Å². The van der Waals surface area contributed by atoms with Crippen molar-refractivity contribution >= 4 is 23.3 Å². The monoisotopic (exact) mass is 396 g/mol. The molecule has 0 saturated heterocycles. The van der Waals surface area contributed by atoms with E-state index in [4.69, 9.17) is 9.47 Å². The second-order valence-corrected chi connectivity index (χ2v) is 7.49. The molecule has 0 N–H and O–H groups in total. The number of esters is 1. The predicted molar refractivity (Wildman–Crippen MR) is 106 cm³/mol.